The van der Waals surface area contributed by atoms with Crippen LogP contribution in [0.4, 0.5) is 0 Å². The molecule has 3 aromatic rings. The number of aliphatic hydroxyl groups is 1. The SMILES string of the molecule is O[C@]1(OCc2ccccc2)CC[C@H](c2ccccc2)O[C@@H]1COCc1ccccc1. The number of rotatable bonds is 8. The Morgan fingerprint density at radius 3 is 2.00 bits per heavy atom. The third-order valence-electron chi connectivity index (χ3n) is 5.48. The summed E-state index contributed by atoms with van der Waals surface area (Å²) >= 11 is 0. The van der Waals surface area contributed by atoms with Gasteiger partial charge in [-0.3, -0.25) is 0 Å². The van der Waals surface area contributed by atoms with Gasteiger partial charge >= 0.3 is 0 Å². The zero-order chi connectivity index (χ0) is 20.7. The zero-order valence-electron chi connectivity index (χ0n) is 17.0. The second-order valence-corrected chi connectivity index (χ2v) is 7.68. The maximum atomic E-state index is 11.3. The number of hydrogen-bond donors (Lipinski definition) is 1. The van der Waals surface area contributed by atoms with Crippen molar-refractivity contribution in [2.45, 2.75) is 44.1 Å². The maximum absolute atomic E-state index is 11.3. The first-order valence-electron chi connectivity index (χ1n) is 10.5. The molecule has 1 fully saturated rings. The quantitative estimate of drug-likeness (QED) is 0.535. The fourth-order valence-corrected chi connectivity index (χ4v) is 3.76. The van der Waals surface area contributed by atoms with Gasteiger partial charge in [0.2, 0.25) is 0 Å². The van der Waals surface area contributed by atoms with Gasteiger partial charge in [-0.15, -0.1) is 0 Å². The maximum Gasteiger partial charge on any atom is 0.195 e. The minimum Gasteiger partial charge on any atom is -0.374 e. The molecular weight excluding hydrogens is 376 g/mol. The Morgan fingerprint density at radius 1 is 0.800 bits per heavy atom. The molecule has 4 nitrogen and oxygen atoms in total. The van der Waals surface area contributed by atoms with E-state index in [0.717, 1.165) is 16.7 Å². The molecule has 156 valence electrons. The monoisotopic (exact) mass is 404 g/mol. The summed E-state index contributed by atoms with van der Waals surface area (Å²) in [6.07, 6.45) is 0.504. The number of hydrogen-bond acceptors (Lipinski definition) is 4. The Balaban J connectivity index is 1.44. The van der Waals surface area contributed by atoms with Crippen molar-refractivity contribution >= 4 is 0 Å². The average Bonchev–Trinajstić information content (AvgIpc) is 2.81. The van der Waals surface area contributed by atoms with E-state index >= 15 is 0 Å². The molecule has 1 saturated heterocycles. The van der Waals surface area contributed by atoms with Gasteiger partial charge in [-0.1, -0.05) is 91.0 Å². The summed E-state index contributed by atoms with van der Waals surface area (Å²) in [7, 11) is 0. The van der Waals surface area contributed by atoms with Gasteiger partial charge < -0.3 is 19.3 Å². The molecule has 4 heteroatoms. The molecule has 1 aliphatic rings. The van der Waals surface area contributed by atoms with E-state index in [1.807, 2.05) is 78.9 Å². The predicted molar refractivity (Wildman–Crippen MR) is 116 cm³/mol. The van der Waals surface area contributed by atoms with Gasteiger partial charge in [-0.05, 0) is 23.1 Å². The molecular formula is C26H28O4. The molecule has 0 saturated carbocycles. The minimum atomic E-state index is -1.39. The first-order valence-corrected chi connectivity index (χ1v) is 10.5. The van der Waals surface area contributed by atoms with Crippen molar-refractivity contribution < 1.29 is 19.3 Å². The minimum absolute atomic E-state index is 0.0860. The van der Waals surface area contributed by atoms with Crippen molar-refractivity contribution in [1.29, 1.82) is 0 Å². The normalized spacial score (nSPS) is 23.9. The molecule has 1 N–H and O–H groups in total. The lowest BCUT2D eigenvalue weighted by molar-refractivity contribution is -0.316. The summed E-state index contributed by atoms with van der Waals surface area (Å²) in [6, 6.07) is 30.0. The van der Waals surface area contributed by atoms with E-state index in [-0.39, 0.29) is 12.7 Å². The summed E-state index contributed by atoms with van der Waals surface area (Å²) in [6.45, 7) is 1.04. The summed E-state index contributed by atoms with van der Waals surface area (Å²) in [5.74, 6) is -1.39. The Hall–Kier alpha value is -2.50. The predicted octanol–water partition coefficient (Wildman–Crippen LogP) is 5.03. The second-order valence-electron chi connectivity index (χ2n) is 7.68. The van der Waals surface area contributed by atoms with Crippen molar-refractivity contribution in [2.75, 3.05) is 6.61 Å². The molecule has 0 amide bonds. The lowest BCUT2D eigenvalue weighted by atomic mass is 9.93. The van der Waals surface area contributed by atoms with Gasteiger partial charge in [0, 0.05) is 6.42 Å². The van der Waals surface area contributed by atoms with Crippen LogP contribution in [0.3, 0.4) is 0 Å². The van der Waals surface area contributed by atoms with Crippen molar-refractivity contribution in [3.63, 3.8) is 0 Å². The lowest BCUT2D eigenvalue weighted by Gasteiger charge is -2.42. The molecule has 0 aromatic heterocycles. The number of ether oxygens (including phenoxy) is 3. The second kappa shape index (κ2) is 10.0. The van der Waals surface area contributed by atoms with E-state index in [1.54, 1.807) is 0 Å². The van der Waals surface area contributed by atoms with E-state index in [1.165, 1.54) is 0 Å². The lowest BCUT2D eigenvalue weighted by Crippen LogP contribution is -2.52. The van der Waals surface area contributed by atoms with E-state index in [9.17, 15) is 5.11 Å². The first kappa shape index (κ1) is 20.8. The Bertz CT molecular complexity index is 885. The summed E-state index contributed by atoms with van der Waals surface area (Å²) in [5, 5.41) is 11.3. The van der Waals surface area contributed by atoms with E-state index in [0.29, 0.717) is 26.1 Å². The summed E-state index contributed by atoms with van der Waals surface area (Å²) in [5.41, 5.74) is 3.21. The van der Waals surface area contributed by atoms with Gasteiger partial charge in [0.15, 0.2) is 5.79 Å². The van der Waals surface area contributed by atoms with Crippen LogP contribution in [0.1, 0.15) is 35.6 Å². The van der Waals surface area contributed by atoms with Gasteiger partial charge in [0.25, 0.3) is 0 Å². The fraction of sp³-hybridized carbons (Fsp3) is 0.308. The van der Waals surface area contributed by atoms with Crippen LogP contribution in [0.5, 0.6) is 0 Å². The summed E-state index contributed by atoms with van der Waals surface area (Å²) < 4.78 is 18.2. The fourth-order valence-electron chi connectivity index (χ4n) is 3.76. The molecule has 30 heavy (non-hydrogen) atoms. The molecule has 0 unspecified atom stereocenters. The molecule has 0 aliphatic carbocycles. The Labute approximate surface area is 178 Å². The van der Waals surface area contributed by atoms with Crippen LogP contribution in [0.15, 0.2) is 91.0 Å². The molecule has 3 atom stereocenters. The largest absolute Gasteiger partial charge is 0.374 e. The van der Waals surface area contributed by atoms with Crippen LogP contribution in [0.25, 0.3) is 0 Å². The van der Waals surface area contributed by atoms with Crippen LogP contribution in [-0.2, 0) is 27.4 Å². The van der Waals surface area contributed by atoms with E-state index in [2.05, 4.69) is 12.1 Å². The molecule has 3 aromatic carbocycles. The molecule has 0 bridgehead atoms. The van der Waals surface area contributed by atoms with Gasteiger partial charge in [0.1, 0.15) is 6.10 Å². The Kier molecular flexibility index (Phi) is 6.92. The standard InChI is InChI=1S/C26H28O4/c27-26(29-19-22-12-6-2-7-13-22)17-16-24(23-14-8-3-9-15-23)30-25(26)20-28-18-21-10-4-1-5-11-21/h1-15,24-25,27H,16-20H2/t24-,25-,26+/m1/s1. The highest BCUT2D eigenvalue weighted by Crippen LogP contribution is 2.38. The highest BCUT2D eigenvalue weighted by atomic mass is 16.7. The van der Waals surface area contributed by atoms with Crippen LogP contribution >= 0.6 is 0 Å². The molecule has 0 radical (unpaired) electrons. The highest BCUT2D eigenvalue weighted by Gasteiger charge is 2.45. The molecule has 1 heterocycles. The smallest absolute Gasteiger partial charge is 0.195 e. The van der Waals surface area contributed by atoms with Crippen LogP contribution in [0, 0.1) is 0 Å². The molecule has 1 aliphatic heterocycles. The van der Waals surface area contributed by atoms with Gasteiger partial charge in [-0.2, -0.15) is 0 Å². The molecule has 4 rings (SSSR count). The van der Waals surface area contributed by atoms with Crippen LogP contribution in [0.2, 0.25) is 0 Å². The van der Waals surface area contributed by atoms with Gasteiger partial charge in [-0.25, -0.2) is 0 Å². The topological polar surface area (TPSA) is 47.9 Å². The zero-order valence-corrected chi connectivity index (χ0v) is 17.0. The van der Waals surface area contributed by atoms with Crippen molar-refractivity contribution in [1.82, 2.24) is 0 Å². The van der Waals surface area contributed by atoms with E-state index in [4.69, 9.17) is 14.2 Å². The van der Waals surface area contributed by atoms with Crippen molar-refractivity contribution in [2.24, 2.45) is 0 Å². The van der Waals surface area contributed by atoms with Gasteiger partial charge in [0.05, 0.1) is 25.9 Å². The number of benzene rings is 3. The third kappa shape index (κ3) is 5.35. The third-order valence-corrected chi connectivity index (χ3v) is 5.48. The van der Waals surface area contributed by atoms with Crippen molar-refractivity contribution in [3.8, 4) is 0 Å². The van der Waals surface area contributed by atoms with Crippen molar-refractivity contribution in [3.05, 3.63) is 108 Å². The highest BCUT2D eigenvalue weighted by molar-refractivity contribution is 5.19. The average molecular weight is 405 g/mol. The summed E-state index contributed by atoms with van der Waals surface area (Å²) in [4.78, 5) is 0. The first-order chi connectivity index (χ1) is 14.7. The molecule has 0 spiro atoms. The Morgan fingerprint density at radius 2 is 1.37 bits per heavy atom. The van der Waals surface area contributed by atoms with Crippen LogP contribution in [-0.4, -0.2) is 23.6 Å². The van der Waals surface area contributed by atoms with Crippen LogP contribution < -0.4 is 0 Å². The van der Waals surface area contributed by atoms with E-state index < -0.39 is 11.9 Å².